The van der Waals surface area contributed by atoms with E-state index in [1.807, 2.05) is 30.3 Å². The number of benzodiazepines with no additional fused rings is 1. The Morgan fingerprint density at radius 3 is 2.83 bits per heavy atom. The van der Waals surface area contributed by atoms with Gasteiger partial charge in [0.1, 0.15) is 23.2 Å². The van der Waals surface area contributed by atoms with Crippen molar-refractivity contribution in [3.63, 3.8) is 0 Å². The van der Waals surface area contributed by atoms with Crippen LogP contribution in [-0.2, 0) is 16.1 Å². The smallest absolute Gasteiger partial charge is 0.269 e. The molecule has 0 bridgehead atoms. The number of anilines is 1. The van der Waals surface area contributed by atoms with E-state index in [9.17, 15) is 14.0 Å². The van der Waals surface area contributed by atoms with Crippen LogP contribution in [0.15, 0.2) is 65.9 Å². The Balaban J connectivity index is 1.27. The van der Waals surface area contributed by atoms with Crippen LogP contribution >= 0.6 is 0 Å². The highest BCUT2D eigenvalue weighted by Crippen LogP contribution is 2.33. The second-order valence-electron chi connectivity index (χ2n) is 9.77. The third-order valence-corrected chi connectivity index (χ3v) is 7.12. The predicted molar refractivity (Wildman–Crippen MR) is 145 cm³/mol. The lowest BCUT2D eigenvalue weighted by atomic mass is 10.0. The topological polar surface area (TPSA) is 137 Å². The van der Waals surface area contributed by atoms with Crippen LogP contribution in [0.5, 0.6) is 5.88 Å². The molecule has 0 radical (unpaired) electrons. The number of nitrogens with zero attached hydrogens (tertiary/aromatic N) is 5. The number of fused-ring (bicyclic) bond motifs is 2. The number of aromatic nitrogens is 4. The van der Waals surface area contributed by atoms with Crippen molar-refractivity contribution in [1.29, 1.82) is 0 Å². The molecule has 1 fully saturated rings. The number of carbonyl (C=O) groups excluding carboxylic acids is 2. The highest BCUT2D eigenvalue weighted by atomic mass is 19.1. The van der Waals surface area contributed by atoms with Crippen molar-refractivity contribution < 1.29 is 23.5 Å². The van der Waals surface area contributed by atoms with E-state index in [1.165, 1.54) is 6.07 Å². The molecule has 2 aromatic heterocycles. The molecule has 3 aliphatic rings. The summed E-state index contributed by atoms with van der Waals surface area (Å²) >= 11 is 0. The Morgan fingerprint density at radius 2 is 2.00 bits per heavy atom. The third kappa shape index (κ3) is 4.54. The zero-order valence-electron chi connectivity index (χ0n) is 21.7. The number of aryl methyl sites for hydroxylation is 1. The van der Waals surface area contributed by atoms with Gasteiger partial charge in [-0.05, 0) is 6.07 Å². The van der Waals surface area contributed by atoms with Crippen molar-refractivity contribution in [3.8, 4) is 17.1 Å². The Labute approximate surface area is 233 Å². The lowest BCUT2D eigenvalue weighted by molar-refractivity contribution is -0.117. The number of hydrogen-bond donors (Lipinski definition) is 3. The molecular formula is C28H25FN8O4. The highest BCUT2D eigenvalue weighted by molar-refractivity contribution is 6.20. The van der Waals surface area contributed by atoms with Gasteiger partial charge in [-0.2, -0.15) is 10.2 Å². The minimum atomic E-state index is -1.36. The van der Waals surface area contributed by atoms with Gasteiger partial charge < -0.3 is 20.1 Å². The van der Waals surface area contributed by atoms with Crippen LogP contribution in [0.3, 0.4) is 0 Å². The lowest BCUT2D eigenvalue weighted by Gasteiger charge is -2.17. The van der Waals surface area contributed by atoms with Gasteiger partial charge in [-0.15, -0.1) is 0 Å². The maximum Gasteiger partial charge on any atom is 0.269 e. The van der Waals surface area contributed by atoms with Gasteiger partial charge in [0.05, 0.1) is 37.5 Å². The molecule has 1 saturated heterocycles. The van der Waals surface area contributed by atoms with Gasteiger partial charge >= 0.3 is 0 Å². The predicted octanol–water partition coefficient (Wildman–Crippen LogP) is 2.29. The maximum absolute atomic E-state index is 14.9. The Hall–Kier alpha value is -4.88. The SMILES string of the molecule is O=C(N[C@H]1N=C(c2ccccc2)c2cccc(F)c2NC1=O)c1c(-c2cnn(C3COCN3)c2)nn2c1OCCC2. The van der Waals surface area contributed by atoms with E-state index in [0.717, 1.165) is 6.42 Å². The Kier molecular flexibility index (Phi) is 6.29. The molecule has 2 atom stereocenters. The van der Waals surface area contributed by atoms with Crippen molar-refractivity contribution in [1.82, 2.24) is 30.2 Å². The van der Waals surface area contributed by atoms with Crippen LogP contribution in [0.25, 0.3) is 11.3 Å². The van der Waals surface area contributed by atoms with Gasteiger partial charge in [-0.25, -0.2) is 14.1 Å². The van der Waals surface area contributed by atoms with E-state index >= 15 is 0 Å². The number of halogens is 1. The molecule has 3 aliphatic heterocycles. The standard InChI is InChI=1S/C28H25FN8O4/c29-19-9-4-8-18-22(16-6-2-1-3-7-16)32-25(27(39)33-24(18)19)34-26(38)21-23(35-36-10-5-11-41-28(21)36)17-12-31-37(13-17)20-14-40-15-30-20/h1-4,6-9,12-13,20,25,30H,5,10-11,14-15H2,(H,33,39)(H,34,38)/t20?,25-/m1/s1. The molecule has 208 valence electrons. The van der Waals surface area contributed by atoms with Crippen LogP contribution in [0.4, 0.5) is 10.1 Å². The summed E-state index contributed by atoms with van der Waals surface area (Å²) in [5.74, 6) is -1.60. The van der Waals surface area contributed by atoms with E-state index in [2.05, 4.69) is 31.1 Å². The van der Waals surface area contributed by atoms with E-state index < -0.39 is 23.8 Å². The highest BCUT2D eigenvalue weighted by Gasteiger charge is 2.34. The molecule has 41 heavy (non-hydrogen) atoms. The normalized spacial score (nSPS) is 19.8. The molecule has 1 unspecified atom stereocenters. The van der Waals surface area contributed by atoms with Crippen molar-refractivity contribution in [3.05, 3.63) is 83.4 Å². The molecule has 2 aromatic carbocycles. The first kappa shape index (κ1) is 25.1. The van der Waals surface area contributed by atoms with E-state index in [1.54, 1.807) is 33.9 Å². The second-order valence-corrected chi connectivity index (χ2v) is 9.77. The molecule has 12 nitrogen and oxygen atoms in total. The first-order valence-electron chi connectivity index (χ1n) is 13.2. The summed E-state index contributed by atoms with van der Waals surface area (Å²) in [5, 5.41) is 17.6. The number of para-hydroxylation sites is 1. The zero-order chi connectivity index (χ0) is 27.9. The van der Waals surface area contributed by atoms with E-state index in [4.69, 9.17) is 9.47 Å². The van der Waals surface area contributed by atoms with Crippen molar-refractivity contribution in [2.24, 2.45) is 4.99 Å². The van der Waals surface area contributed by atoms with Crippen LogP contribution in [0, 0.1) is 5.82 Å². The third-order valence-electron chi connectivity index (χ3n) is 7.12. The van der Waals surface area contributed by atoms with Gasteiger partial charge in [-0.1, -0.05) is 42.5 Å². The summed E-state index contributed by atoms with van der Waals surface area (Å²) in [5.41, 5.74) is 2.56. The summed E-state index contributed by atoms with van der Waals surface area (Å²) < 4.78 is 29.5. The van der Waals surface area contributed by atoms with Gasteiger partial charge in [-0.3, -0.25) is 19.6 Å². The largest absolute Gasteiger partial charge is 0.477 e. The molecule has 0 aliphatic carbocycles. The first-order valence-corrected chi connectivity index (χ1v) is 13.2. The monoisotopic (exact) mass is 556 g/mol. The van der Waals surface area contributed by atoms with E-state index in [0.29, 0.717) is 60.5 Å². The number of ether oxygens (including phenoxy) is 2. The second kappa shape index (κ2) is 10.3. The minimum Gasteiger partial charge on any atom is -0.477 e. The summed E-state index contributed by atoms with van der Waals surface area (Å²) in [6.07, 6.45) is 2.63. The molecule has 0 saturated carbocycles. The van der Waals surface area contributed by atoms with Gasteiger partial charge in [0, 0.05) is 35.9 Å². The van der Waals surface area contributed by atoms with Crippen LogP contribution < -0.4 is 20.7 Å². The number of benzene rings is 2. The van der Waals surface area contributed by atoms with Crippen LogP contribution in [-0.4, -0.2) is 63.2 Å². The molecule has 13 heteroatoms. The van der Waals surface area contributed by atoms with Crippen LogP contribution in [0.2, 0.25) is 0 Å². The molecule has 0 spiro atoms. The number of amides is 2. The lowest BCUT2D eigenvalue weighted by Crippen LogP contribution is -2.42. The number of carbonyl (C=O) groups is 2. The van der Waals surface area contributed by atoms with Crippen molar-refractivity contribution >= 4 is 23.2 Å². The van der Waals surface area contributed by atoms with Crippen molar-refractivity contribution in [2.45, 2.75) is 25.3 Å². The fraction of sp³-hybridized carbons (Fsp3) is 0.250. The molecule has 2 amide bonds. The number of rotatable bonds is 5. The summed E-state index contributed by atoms with van der Waals surface area (Å²) in [7, 11) is 0. The number of hydrogen-bond acceptors (Lipinski definition) is 8. The average Bonchev–Trinajstić information content (AvgIpc) is 3.75. The van der Waals surface area contributed by atoms with Crippen molar-refractivity contribution in [2.75, 3.05) is 25.3 Å². The summed E-state index contributed by atoms with van der Waals surface area (Å²) in [6, 6.07) is 13.6. The molecular weight excluding hydrogens is 531 g/mol. The Morgan fingerprint density at radius 1 is 1.12 bits per heavy atom. The molecule has 4 aromatic rings. The average molecular weight is 557 g/mol. The minimum absolute atomic E-state index is 0.000651. The van der Waals surface area contributed by atoms with E-state index in [-0.39, 0.29) is 17.4 Å². The fourth-order valence-electron chi connectivity index (χ4n) is 5.14. The number of nitrogens with one attached hydrogen (secondary N) is 3. The van der Waals surface area contributed by atoms with Crippen LogP contribution in [0.1, 0.15) is 34.1 Å². The fourth-order valence-corrected chi connectivity index (χ4v) is 5.14. The van der Waals surface area contributed by atoms with Gasteiger partial charge in [0.25, 0.3) is 11.8 Å². The number of aliphatic imine (C=N–C) groups is 1. The quantitative estimate of drug-likeness (QED) is 0.343. The van der Waals surface area contributed by atoms with Gasteiger partial charge in [0.15, 0.2) is 0 Å². The maximum atomic E-state index is 14.9. The zero-order valence-corrected chi connectivity index (χ0v) is 21.7. The summed E-state index contributed by atoms with van der Waals surface area (Å²) in [6.45, 7) is 1.86. The summed E-state index contributed by atoms with van der Waals surface area (Å²) in [4.78, 5) is 31.9. The van der Waals surface area contributed by atoms with Gasteiger partial charge in [0.2, 0.25) is 12.0 Å². The Bertz CT molecular complexity index is 1680. The molecule has 3 N–H and O–H groups in total. The molecule has 5 heterocycles. The molecule has 7 rings (SSSR count). The first-order chi connectivity index (χ1) is 20.1.